The van der Waals surface area contributed by atoms with Crippen LogP contribution >= 0.6 is 0 Å². The van der Waals surface area contributed by atoms with Crippen LogP contribution < -0.4 is 9.47 Å². The Hall–Kier alpha value is -2.87. The van der Waals surface area contributed by atoms with E-state index in [0.29, 0.717) is 11.5 Å². The van der Waals surface area contributed by atoms with Gasteiger partial charge in [-0.2, -0.15) is 0 Å². The van der Waals surface area contributed by atoms with Crippen molar-refractivity contribution in [3.8, 4) is 11.5 Å². The minimum atomic E-state index is -3.70. The Morgan fingerprint density at radius 2 is 1.22 bits per heavy atom. The molecule has 1 atom stereocenters. The Labute approximate surface area is 189 Å². The van der Waals surface area contributed by atoms with Crippen LogP contribution in [-0.4, -0.2) is 45.5 Å². The highest BCUT2D eigenvalue weighted by atomic mass is 32.2. The van der Waals surface area contributed by atoms with Gasteiger partial charge in [0.1, 0.15) is 17.1 Å². The molecule has 6 nitrogen and oxygen atoms in total. The first kappa shape index (κ1) is 23.8. The third kappa shape index (κ3) is 4.96. The van der Waals surface area contributed by atoms with Gasteiger partial charge in [0.25, 0.3) is 0 Å². The number of hydrogen-bond donors (Lipinski definition) is 1. The quantitative estimate of drug-likeness (QED) is 0.468. The van der Waals surface area contributed by atoms with Crippen LogP contribution in [0.3, 0.4) is 0 Å². The fourth-order valence-electron chi connectivity index (χ4n) is 3.56. The van der Waals surface area contributed by atoms with Crippen molar-refractivity contribution in [1.82, 2.24) is 0 Å². The average molecular weight is 457 g/mol. The lowest BCUT2D eigenvalue weighted by Crippen LogP contribution is -2.35. The molecule has 3 aromatic carbocycles. The van der Waals surface area contributed by atoms with Crippen LogP contribution in [-0.2, 0) is 20.2 Å². The number of aliphatic hydroxyl groups is 1. The SMILES string of the molecule is COc1ccc(C(OCCS(=O)(=O)C(C)O)(c2ccccc2)c2ccc(OC)cc2)cc1. The predicted molar refractivity (Wildman–Crippen MR) is 124 cm³/mol. The molecule has 0 aliphatic carbocycles. The molecule has 0 fully saturated rings. The van der Waals surface area contributed by atoms with E-state index < -0.39 is 20.9 Å². The number of hydrogen-bond acceptors (Lipinski definition) is 6. The molecule has 7 heteroatoms. The maximum Gasteiger partial charge on any atom is 0.178 e. The average Bonchev–Trinajstić information content (AvgIpc) is 2.82. The van der Waals surface area contributed by atoms with Crippen molar-refractivity contribution >= 4 is 9.84 Å². The summed E-state index contributed by atoms with van der Waals surface area (Å²) in [6, 6.07) is 24.6. The molecular formula is C25H28O6S. The van der Waals surface area contributed by atoms with Crippen LogP contribution in [0.25, 0.3) is 0 Å². The van der Waals surface area contributed by atoms with E-state index in [1.54, 1.807) is 14.2 Å². The highest BCUT2D eigenvalue weighted by Gasteiger charge is 2.38. The first-order valence-corrected chi connectivity index (χ1v) is 11.9. The summed E-state index contributed by atoms with van der Waals surface area (Å²) in [7, 11) is -0.503. The Balaban J connectivity index is 2.16. The fourth-order valence-corrected chi connectivity index (χ4v) is 4.21. The Morgan fingerprint density at radius 1 is 0.781 bits per heavy atom. The summed E-state index contributed by atoms with van der Waals surface area (Å²) in [6.07, 6.45) is 0. The van der Waals surface area contributed by atoms with Crippen molar-refractivity contribution in [3.63, 3.8) is 0 Å². The van der Waals surface area contributed by atoms with Crippen molar-refractivity contribution in [2.45, 2.75) is 18.0 Å². The second-order valence-electron chi connectivity index (χ2n) is 7.32. The number of rotatable bonds is 10. The third-order valence-electron chi connectivity index (χ3n) is 5.38. The number of methoxy groups -OCH3 is 2. The minimum absolute atomic E-state index is 0.111. The smallest absolute Gasteiger partial charge is 0.178 e. The predicted octanol–water partition coefficient (Wildman–Crippen LogP) is 3.77. The van der Waals surface area contributed by atoms with Crippen molar-refractivity contribution in [2.75, 3.05) is 26.6 Å². The zero-order valence-corrected chi connectivity index (χ0v) is 19.2. The molecule has 1 unspecified atom stereocenters. The van der Waals surface area contributed by atoms with Gasteiger partial charge in [-0.1, -0.05) is 54.6 Å². The van der Waals surface area contributed by atoms with Crippen LogP contribution in [0.1, 0.15) is 23.6 Å². The van der Waals surface area contributed by atoms with E-state index in [4.69, 9.17) is 14.2 Å². The van der Waals surface area contributed by atoms with Gasteiger partial charge in [0, 0.05) is 0 Å². The molecule has 170 valence electrons. The molecule has 0 radical (unpaired) electrons. The molecule has 0 spiro atoms. The lowest BCUT2D eigenvalue weighted by atomic mass is 9.80. The summed E-state index contributed by atoms with van der Waals surface area (Å²) in [4.78, 5) is 0. The molecule has 32 heavy (non-hydrogen) atoms. The van der Waals surface area contributed by atoms with Gasteiger partial charge in [0.05, 0.1) is 26.6 Å². The van der Waals surface area contributed by atoms with Gasteiger partial charge in [-0.3, -0.25) is 0 Å². The first-order valence-electron chi connectivity index (χ1n) is 10.2. The minimum Gasteiger partial charge on any atom is -0.497 e. The van der Waals surface area contributed by atoms with Crippen molar-refractivity contribution in [3.05, 3.63) is 95.6 Å². The Kier molecular flexibility index (Phi) is 7.56. The highest BCUT2D eigenvalue weighted by Crippen LogP contribution is 2.41. The van der Waals surface area contributed by atoms with Crippen LogP contribution in [0.4, 0.5) is 0 Å². The maximum atomic E-state index is 12.2. The topological polar surface area (TPSA) is 82.1 Å². The fraction of sp³-hybridized carbons (Fsp3) is 0.280. The molecule has 3 aromatic rings. The Bertz CT molecular complexity index is 1040. The number of ether oxygens (including phenoxy) is 3. The number of benzene rings is 3. The molecule has 1 N–H and O–H groups in total. The summed E-state index contributed by atoms with van der Waals surface area (Å²) >= 11 is 0. The van der Waals surface area contributed by atoms with Gasteiger partial charge in [0.2, 0.25) is 0 Å². The van der Waals surface area contributed by atoms with Crippen LogP contribution in [0.5, 0.6) is 11.5 Å². The molecule has 0 amide bonds. The van der Waals surface area contributed by atoms with Crippen LogP contribution in [0.2, 0.25) is 0 Å². The molecular weight excluding hydrogens is 428 g/mol. The summed E-state index contributed by atoms with van der Waals surface area (Å²) in [6.45, 7) is 1.13. The molecule has 0 aromatic heterocycles. The summed E-state index contributed by atoms with van der Waals surface area (Å²) in [5, 5.41) is 9.60. The molecule has 0 saturated heterocycles. The monoisotopic (exact) mass is 456 g/mol. The zero-order chi connectivity index (χ0) is 23.2. The molecule has 0 saturated carbocycles. The second kappa shape index (κ2) is 10.2. The lowest BCUT2D eigenvalue weighted by Gasteiger charge is -2.36. The van der Waals surface area contributed by atoms with E-state index in [1.165, 1.54) is 6.92 Å². The van der Waals surface area contributed by atoms with Gasteiger partial charge in [-0.15, -0.1) is 0 Å². The van der Waals surface area contributed by atoms with Crippen LogP contribution in [0, 0.1) is 0 Å². The summed E-state index contributed by atoms with van der Waals surface area (Å²) in [5.41, 5.74) is -0.0919. The van der Waals surface area contributed by atoms with Gasteiger partial charge >= 0.3 is 0 Å². The van der Waals surface area contributed by atoms with E-state index in [9.17, 15) is 13.5 Å². The maximum absolute atomic E-state index is 12.2. The van der Waals surface area contributed by atoms with E-state index in [2.05, 4.69) is 0 Å². The van der Waals surface area contributed by atoms with E-state index in [1.807, 2.05) is 78.9 Å². The van der Waals surface area contributed by atoms with Gasteiger partial charge < -0.3 is 19.3 Å². The molecule has 0 heterocycles. The first-order chi connectivity index (χ1) is 15.3. The van der Waals surface area contributed by atoms with Crippen molar-refractivity contribution < 1.29 is 27.7 Å². The van der Waals surface area contributed by atoms with Gasteiger partial charge in [-0.25, -0.2) is 8.42 Å². The molecule has 0 bridgehead atoms. The summed E-state index contributed by atoms with van der Waals surface area (Å²) in [5.74, 6) is 1.08. The second-order valence-corrected chi connectivity index (χ2v) is 9.74. The van der Waals surface area contributed by atoms with Crippen molar-refractivity contribution in [1.29, 1.82) is 0 Å². The largest absolute Gasteiger partial charge is 0.497 e. The number of sulfone groups is 1. The normalized spacial score (nSPS) is 12.9. The molecule has 0 aliphatic heterocycles. The van der Waals surface area contributed by atoms with Crippen LogP contribution in [0.15, 0.2) is 78.9 Å². The van der Waals surface area contributed by atoms with Crippen molar-refractivity contribution in [2.24, 2.45) is 0 Å². The van der Waals surface area contributed by atoms with Gasteiger partial charge in [0.15, 0.2) is 15.3 Å². The number of aliphatic hydroxyl groups excluding tert-OH is 1. The van der Waals surface area contributed by atoms with E-state index in [0.717, 1.165) is 16.7 Å². The standard InChI is InChI=1S/C25H28O6S/c1-19(26)32(27,28)18-17-31-25(20-7-5-4-6-8-20,21-9-13-23(29-2)14-10-21)22-11-15-24(30-3)16-12-22/h4-16,19,26H,17-18H2,1-3H3. The highest BCUT2D eigenvalue weighted by molar-refractivity contribution is 7.91. The Morgan fingerprint density at radius 3 is 1.62 bits per heavy atom. The summed E-state index contributed by atoms with van der Waals surface area (Å²) < 4.78 is 41.5. The van der Waals surface area contributed by atoms with E-state index >= 15 is 0 Å². The molecule has 3 rings (SSSR count). The third-order valence-corrected chi connectivity index (χ3v) is 7.15. The lowest BCUT2D eigenvalue weighted by molar-refractivity contribution is 0.0224. The molecule has 0 aliphatic rings. The van der Waals surface area contributed by atoms with Gasteiger partial charge in [-0.05, 0) is 47.9 Å². The van der Waals surface area contributed by atoms with E-state index in [-0.39, 0.29) is 12.4 Å². The zero-order valence-electron chi connectivity index (χ0n) is 18.4.